The van der Waals surface area contributed by atoms with Crippen LogP contribution in [0.25, 0.3) is 30.9 Å². The van der Waals surface area contributed by atoms with Crippen LogP contribution in [0.4, 0.5) is 47.3 Å². The zero-order chi connectivity index (χ0) is 35.2. The van der Waals surface area contributed by atoms with Crippen LogP contribution in [0.15, 0.2) is 164 Å². The molecule has 1 heterocycles. The molecule has 0 N–H and O–H groups in total. The number of alkyl halides is 3. The van der Waals surface area contributed by atoms with Crippen molar-refractivity contribution >= 4 is 86.5 Å². The van der Waals surface area contributed by atoms with E-state index in [1.54, 1.807) is 0 Å². The van der Waals surface area contributed by atoms with Crippen molar-refractivity contribution < 1.29 is 25.8 Å². The third kappa shape index (κ3) is 6.02. The lowest BCUT2D eigenvalue weighted by atomic mass is 10.0. The molecule has 0 amide bonds. The van der Waals surface area contributed by atoms with Gasteiger partial charge in [0.15, 0.2) is 5.75 Å². The number of rotatable bonds is 8. The molecular formula is C41H27F3N2O3S2. The van der Waals surface area contributed by atoms with Crippen molar-refractivity contribution in [3.8, 4) is 5.75 Å². The number of halogens is 3. The molecule has 0 spiro atoms. The van der Waals surface area contributed by atoms with Crippen molar-refractivity contribution in [2.24, 2.45) is 0 Å². The minimum absolute atomic E-state index is 0.281. The van der Waals surface area contributed by atoms with Crippen molar-refractivity contribution in [2.75, 3.05) is 9.80 Å². The maximum absolute atomic E-state index is 13.8. The average Bonchev–Trinajstić information content (AvgIpc) is 3.53. The molecule has 8 rings (SSSR count). The van der Waals surface area contributed by atoms with E-state index in [0.29, 0.717) is 11.1 Å². The van der Waals surface area contributed by atoms with Crippen molar-refractivity contribution in [2.45, 2.75) is 5.51 Å². The molecule has 252 valence electrons. The first-order valence-electron chi connectivity index (χ1n) is 15.9. The molecule has 8 aromatic rings. The lowest BCUT2D eigenvalue weighted by Crippen LogP contribution is -2.28. The van der Waals surface area contributed by atoms with E-state index in [-0.39, 0.29) is 4.70 Å². The van der Waals surface area contributed by atoms with E-state index >= 15 is 0 Å². The summed E-state index contributed by atoms with van der Waals surface area (Å²) in [7, 11) is -5.99. The minimum atomic E-state index is -5.99. The molecule has 0 aliphatic carbocycles. The number of fused-ring (bicyclic) bond motifs is 5. The molecule has 0 bridgehead atoms. The van der Waals surface area contributed by atoms with Crippen LogP contribution in [-0.4, -0.2) is 13.9 Å². The Morgan fingerprint density at radius 2 is 0.922 bits per heavy atom. The highest BCUT2D eigenvalue weighted by Crippen LogP contribution is 2.48. The largest absolute Gasteiger partial charge is 0.534 e. The Bertz CT molecular complexity index is 2540. The highest BCUT2D eigenvalue weighted by atomic mass is 32.2. The molecule has 0 fully saturated rings. The number of hydrogen-bond acceptors (Lipinski definition) is 6. The zero-order valence-corrected chi connectivity index (χ0v) is 28.3. The van der Waals surface area contributed by atoms with E-state index in [4.69, 9.17) is 4.18 Å². The molecule has 0 atom stereocenters. The SMILES string of the molecule is O=S(=O)(Oc1cc(N(c2ccccc2)c2ccccc2)cc2c1sc1c3cc(N(c4ccccc4)c4ccccc4)ccc3ccc21)C(F)(F)F. The topological polar surface area (TPSA) is 49.9 Å². The Labute approximate surface area is 296 Å². The molecule has 0 aliphatic heterocycles. The molecule has 7 aromatic carbocycles. The number of para-hydroxylation sites is 4. The third-order valence-corrected chi connectivity index (χ3v) is 10.8. The number of anilines is 6. The van der Waals surface area contributed by atoms with Gasteiger partial charge in [0.1, 0.15) is 0 Å². The standard InChI is InChI=1S/C41H27F3N2O3S2/c42-41(43,44)51(47,48)49-38-27-34(46(31-17-9-3-10-18-31)32-19-11-4-12-20-32)26-37-35-24-22-28-21-23-33(25-36(28)39(35)50-40(37)38)45(29-13-5-1-6-14-29)30-15-7-2-8-16-30/h1-27H. The van der Waals surface area contributed by atoms with Crippen LogP contribution in [-0.2, 0) is 10.1 Å². The van der Waals surface area contributed by atoms with Gasteiger partial charge in [-0.1, -0.05) is 91.0 Å². The molecule has 0 saturated heterocycles. The monoisotopic (exact) mass is 716 g/mol. The van der Waals surface area contributed by atoms with Crippen LogP contribution in [0.1, 0.15) is 0 Å². The summed E-state index contributed by atoms with van der Waals surface area (Å²) < 4.78 is 72.5. The first kappa shape index (κ1) is 32.4. The average molecular weight is 717 g/mol. The Balaban J connectivity index is 1.39. The van der Waals surface area contributed by atoms with E-state index in [2.05, 4.69) is 11.0 Å². The van der Waals surface area contributed by atoms with Crippen molar-refractivity contribution in [1.82, 2.24) is 0 Å². The molecular weight excluding hydrogens is 690 g/mol. The van der Waals surface area contributed by atoms with E-state index in [1.807, 2.05) is 157 Å². The van der Waals surface area contributed by atoms with Crippen LogP contribution in [0.2, 0.25) is 0 Å². The van der Waals surface area contributed by atoms with E-state index in [1.165, 1.54) is 17.4 Å². The summed E-state index contributed by atoms with van der Waals surface area (Å²) in [5, 5.41) is 3.09. The summed E-state index contributed by atoms with van der Waals surface area (Å²) in [6.45, 7) is 0. The number of thiophene rings is 1. The second kappa shape index (κ2) is 12.8. The van der Waals surface area contributed by atoms with Gasteiger partial charge in [-0.05, 0) is 72.1 Å². The summed E-state index contributed by atoms with van der Waals surface area (Å²) in [6, 6.07) is 51.7. The van der Waals surface area contributed by atoms with Crippen molar-refractivity contribution in [1.29, 1.82) is 0 Å². The van der Waals surface area contributed by atoms with E-state index < -0.39 is 21.4 Å². The van der Waals surface area contributed by atoms with Crippen molar-refractivity contribution in [3.05, 3.63) is 164 Å². The maximum atomic E-state index is 13.8. The van der Waals surface area contributed by atoms with Gasteiger partial charge < -0.3 is 14.0 Å². The first-order valence-corrected chi connectivity index (χ1v) is 18.1. The summed E-state index contributed by atoms with van der Waals surface area (Å²) in [6.07, 6.45) is 0. The molecule has 10 heteroatoms. The van der Waals surface area contributed by atoms with Gasteiger partial charge in [-0.15, -0.1) is 11.3 Å². The van der Waals surface area contributed by atoms with Gasteiger partial charge in [0.2, 0.25) is 0 Å². The molecule has 5 nitrogen and oxygen atoms in total. The van der Waals surface area contributed by atoms with Gasteiger partial charge in [0.05, 0.1) is 10.4 Å². The summed E-state index contributed by atoms with van der Waals surface area (Å²) in [5.41, 5.74) is -0.961. The van der Waals surface area contributed by atoms with Gasteiger partial charge in [-0.2, -0.15) is 21.6 Å². The first-order chi connectivity index (χ1) is 24.7. The summed E-state index contributed by atoms with van der Waals surface area (Å²) >= 11 is 1.20. The Hall–Kier alpha value is -5.84. The van der Waals surface area contributed by atoms with Crippen LogP contribution in [0, 0.1) is 0 Å². The predicted octanol–water partition coefficient (Wildman–Crippen LogP) is 12.4. The fourth-order valence-electron chi connectivity index (χ4n) is 6.30. The number of hydrogen-bond donors (Lipinski definition) is 0. The predicted molar refractivity (Wildman–Crippen MR) is 202 cm³/mol. The summed E-state index contributed by atoms with van der Waals surface area (Å²) in [4.78, 5) is 3.98. The Kier molecular flexibility index (Phi) is 8.13. The van der Waals surface area contributed by atoms with Gasteiger partial charge in [-0.25, -0.2) is 0 Å². The third-order valence-electron chi connectivity index (χ3n) is 8.55. The normalized spacial score (nSPS) is 12.0. The molecule has 0 radical (unpaired) electrons. The van der Waals surface area contributed by atoms with Crippen LogP contribution < -0.4 is 14.0 Å². The lowest BCUT2D eigenvalue weighted by Gasteiger charge is -2.26. The quantitative estimate of drug-likeness (QED) is 0.116. The summed E-state index contributed by atoms with van der Waals surface area (Å²) in [5.74, 6) is -0.405. The highest BCUT2D eigenvalue weighted by Gasteiger charge is 2.49. The van der Waals surface area contributed by atoms with E-state index in [0.717, 1.165) is 49.3 Å². The maximum Gasteiger partial charge on any atom is 0.534 e. The van der Waals surface area contributed by atoms with Crippen LogP contribution in [0.5, 0.6) is 5.75 Å². The minimum Gasteiger partial charge on any atom is -0.374 e. The van der Waals surface area contributed by atoms with Crippen molar-refractivity contribution in [3.63, 3.8) is 0 Å². The second-order valence-electron chi connectivity index (χ2n) is 11.8. The van der Waals surface area contributed by atoms with Gasteiger partial charge in [0.25, 0.3) is 0 Å². The molecule has 0 saturated carbocycles. The molecule has 1 aromatic heterocycles. The lowest BCUT2D eigenvalue weighted by molar-refractivity contribution is -0.0499. The highest BCUT2D eigenvalue weighted by molar-refractivity contribution is 7.88. The second-order valence-corrected chi connectivity index (χ2v) is 14.3. The molecule has 0 unspecified atom stereocenters. The fourth-order valence-corrected chi connectivity index (χ4v) is 8.07. The van der Waals surface area contributed by atoms with E-state index in [9.17, 15) is 21.6 Å². The molecule has 51 heavy (non-hydrogen) atoms. The van der Waals surface area contributed by atoms with Crippen LogP contribution in [0.3, 0.4) is 0 Å². The van der Waals surface area contributed by atoms with Gasteiger partial charge in [-0.3, -0.25) is 0 Å². The van der Waals surface area contributed by atoms with Gasteiger partial charge in [0, 0.05) is 55.4 Å². The smallest absolute Gasteiger partial charge is 0.374 e. The van der Waals surface area contributed by atoms with Gasteiger partial charge >= 0.3 is 15.6 Å². The Morgan fingerprint density at radius 1 is 0.471 bits per heavy atom. The number of benzene rings is 7. The fraction of sp³-hybridized carbons (Fsp3) is 0.0244. The zero-order valence-electron chi connectivity index (χ0n) is 26.7. The number of nitrogens with zero attached hydrogens (tertiary/aromatic N) is 2. The Morgan fingerprint density at radius 3 is 1.41 bits per heavy atom. The molecule has 0 aliphatic rings. The van der Waals surface area contributed by atoms with Crippen LogP contribution >= 0.6 is 11.3 Å².